The Labute approximate surface area is 166 Å². The molecule has 0 spiro atoms. The first-order chi connectivity index (χ1) is 12.2. The van der Waals surface area contributed by atoms with Crippen molar-refractivity contribution in [2.45, 2.75) is 113 Å². The van der Waals surface area contributed by atoms with Crippen LogP contribution in [0.3, 0.4) is 0 Å². The highest BCUT2D eigenvalue weighted by molar-refractivity contribution is 5.05. The quantitative estimate of drug-likeness (QED) is 0.414. The predicted molar refractivity (Wildman–Crippen MR) is 119 cm³/mol. The van der Waals surface area contributed by atoms with E-state index in [-0.39, 0.29) is 7.43 Å². The van der Waals surface area contributed by atoms with Crippen LogP contribution in [0.25, 0.3) is 0 Å². The molecule has 3 rings (SSSR count). The maximum atomic E-state index is 4.05. The van der Waals surface area contributed by atoms with E-state index in [0.29, 0.717) is 5.41 Å². The largest absolute Gasteiger partial charge is 0.103 e. The lowest BCUT2D eigenvalue weighted by molar-refractivity contribution is -0.0545. The van der Waals surface area contributed by atoms with Crippen LogP contribution in [0, 0.1) is 40.9 Å². The van der Waals surface area contributed by atoms with Gasteiger partial charge in [-0.1, -0.05) is 73.8 Å². The minimum absolute atomic E-state index is 0. The molecule has 0 saturated heterocycles. The lowest BCUT2D eigenvalue weighted by Crippen LogP contribution is -2.47. The average molecular weight is 363 g/mol. The first-order valence-corrected chi connectivity index (χ1v) is 11.8. The number of hydrogen-bond acceptors (Lipinski definition) is 0. The topological polar surface area (TPSA) is 0 Å². The summed E-state index contributed by atoms with van der Waals surface area (Å²) in [4.78, 5) is 0. The second kappa shape index (κ2) is 10.9. The van der Waals surface area contributed by atoms with Crippen LogP contribution >= 0.6 is 0 Å². The second-order valence-electron chi connectivity index (χ2n) is 9.36. The normalized spacial score (nSPS) is 41.1. The van der Waals surface area contributed by atoms with Crippen molar-refractivity contribution in [3.05, 3.63) is 12.7 Å². The molecule has 3 aliphatic rings. The lowest BCUT2D eigenvalue weighted by Gasteiger charge is -2.55. The smallest absolute Gasteiger partial charge is 0.0266 e. The van der Waals surface area contributed by atoms with Crippen LogP contribution in [0.4, 0.5) is 0 Å². The minimum Gasteiger partial charge on any atom is -0.103 e. The van der Waals surface area contributed by atoms with Crippen LogP contribution in [-0.4, -0.2) is 0 Å². The summed E-state index contributed by atoms with van der Waals surface area (Å²) >= 11 is 0. The summed E-state index contributed by atoms with van der Waals surface area (Å²) in [6.07, 6.45) is 18.4. The molecule has 154 valence electrons. The molecule has 0 aromatic rings. The highest BCUT2D eigenvalue weighted by atomic mass is 14.6. The Balaban J connectivity index is 0.00000109. The molecule has 0 aliphatic heterocycles. The highest BCUT2D eigenvalue weighted by Gasteiger charge is 2.55. The summed E-state index contributed by atoms with van der Waals surface area (Å²) in [6.45, 7) is 15.5. The predicted octanol–water partition coefficient (Wildman–Crippen LogP) is 8.91. The number of rotatable bonds is 6. The summed E-state index contributed by atoms with van der Waals surface area (Å²) in [6, 6.07) is 0. The van der Waals surface area contributed by atoms with Crippen molar-refractivity contribution >= 4 is 0 Å². The van der Waals surface area contributed by atoms with Crippen LogP contribution in [-0.2, 0) is 0 Å². The monoisotopic (exact) mass is 362 g/mol. The fourth-order valence-electron chi connectivity index (χ4n) is 7.46. The first kappa shape index (κ1) is 23.8. The maximum Gasteiger partial charge on any atom is -0.0266 e. The van der Waals surface area contributed by atoms with E-state index < -0.39 is 0 Å². The fraction of sp³-hybridized carbons (Fsp3) is 0.923. The highest BCUT2D eigenvalue weighted by Crippen LogP contribution is 2.64. The van der Waals surface area contributed by atoms with Gasteiger partial charge in [0, 0.05) is 0 Å². The van der Waals surface area contributed by atoms with E-state index in [1.54, 1.807) is 6.42 Å². The molecule has 0 aromatic heterocycles. The standard InChI is InChI=1S/C23H40.C2H6.CH4/c1-5-8-17-11-13-21-20(19(17)10-7-3)15-16-23(4)18(9-6-2)12-14-22(21)23;1-2;/h5,17-22H,1,6-16H2,2-4H3;1-2H3;1H4. The van der Waals surface area contributed by atoms with Gasteiger partial charge in [-0.25, -0.2) is 0 Å². The SMILES string of the molecule is C.C=CCC1CCC2C(CCC3(C)C(CCC)CCC23)C1CCC.CC. The molecular formula is C26H50. The Hall–Kier alpha value is -0.260. The minimum atomic E-state index is 0. The summed E-state index contributed by atoms with van der Waals surface area (Å²) in [7, 11) is 0. The third kappa shape index (κ3) is 4.41. The van der Waals surface area contributed by atoms with E-state index in [1.807, 2.05) is 13.8 Å². The molecule has 7 atom stereocenters. The van der Waals surface area contributed by atoms with Crippen molar-refractivity contribution in [2.75, 3.05) is 0 Å². The zero-order valence-corrected chi connectivity index (χ0v) is 18.0. The summed E-state index contributed by atoms with van der Waals surface area (Å²) in [5.41, 5.74) is 0.694. The van der Waals surface area contributed by atoms with Crippen molar-refractivity contribution in [1.82, 2.24) is 0 Å². The molecule has 7 unspecified atom stereocenters. The number of allylic oxidation sites excluding steroid dienone is 1. The molecule has 0 amide bonds. The molecule has 26 heavy (non-hydrogen) atoms. The number of hydrogen-bond donors (Lipinski definition) is 0. The van der Waals surface area contributed by atoms with Gasteiger partial charge in [-0.3, -0.25) is 0 Å². The van der Waals surface area contributed by atoms with Gasteiger partial charge >= 0.3 is 0 Å². The zero-order chi connectivity index (χ0) is 18.4. The molecule has 3 saturated carbocycles. The molecule has 0 nitrogen and oxygen atoms in total. The molecule has 0 heteroatoms. The average Bonchev–Trinajstić information content (AvgIpc) is 2.96. The van der Waals surface area contributed by atoms with Crippen LogP contribution in [0.1, 0.15) is 113 Å². The van der Waals surface area contributed by atoms with Gasteiger partial charge in [-0.15, -0.1) is 6.58 Å². The van der Waals surface area contributed by atoms with Gasteiger partial charge in [0.15, 0.2) is 0 Å². The van der Waals surface area contributed by atoms with E-state index in [4.69, 9.17) is 0 Å². The summed E-state index contributed by atoms with van der Waals surface area (Å²) < 4.78 is 0. The summed E-state index contributed by atoms with van der Waals surface area (Å²) in [5, 5.41) is 0. The van der Waals surface area contributed by atoms with Crippen LogP contribution < -0.4 is 0 Å². The van der Waals surface area contributed by atoms with Crippen LogP contribution in [0.2, 0.25) is 0 Å². The Kier molecular flexibility index (Phi) is 9.98. The van der Waals surface area contributed by atoms with E-state index in [2.05, 4.69) is 33.4 Å². The van der Waals surface area contributed by atoms with E-state index in [0.717, 1.165) is 35.5 Å². The molecular weight excluding hydrogens is 312 g/mol. The first-order valence-electron chi connectivity index (χ1n) is 11.8. The van der Waals surface area contributed by atoms with Crippen molar-refractivity contribution < 1.29 is 0 Å². The summed E-state index contributed by atoms with van der Waals surface area (Å²) in [5.74, 6) is 6.16. The van der Waals surface area contributed by atoms with Gasteiger partial charge in [-0.05, 0) is 85.9 Å². The molecule has 3 fully saturated rings. The van der Waals surface area contributed by atoms with Gasteiger partial charge < -0.3 is 0 Å². The second-order valence-corrected chi connectivity index (χ2v) is 9.36. The Morgan fingerprint density at radius 3 is 2.23 bits per heavy atom. The van der Waals surface area contributed by atoms with E-state index in [9.17, 15) is 0 Å². The maximum absolute atomic E-state index is 4.05. The lowest BCUT2D eigenvalue weighted by atomic mass is 9.50. The third-order valence-electron chi connectivity index (χ3n) is 8.44. The van der Waals surface area contributed by atoms with Gasteiger partial charge in [0.25, 0.3) is 0 Å². The van der Waals surface area contributed by atoms with Crippen molar-refractivity contribution in [2.24, 2.45) is 40.9 Å². The van der Waals surface area contributed by atoms with Gasteiger partial charge in [0.1, 0.15) is 0 Å². The van der Waals surface area contributed by atoms with E-state index >= 15 is 0 Å². The Morgan fingerprint density at radius 1 is 0.923 bits per heavy atom. The van der Waals surface area contributed by atoms with Crippen molar-refractivity contribution in [1.29, 1.82) is 0 Å². The molecule has 0 bridgehead atoms. The Bertz CT molecular complexity index is 397. The fourth-order valence-corrected chi connectivity index (χ4v) is 7.46. The van der Waals surface area contributed by atoms with Crippen LogP contribution in [0.5, 0.6) is 0 Å². The van der Waals surface area contributed by atoms with Gasteiger partial charge in [0.05, 0.1) is 0 Å². The molecule has 0 aromatic carbocycles. The van der Waals surface area contributed by atoms with E-state index in [1.165, 1.54) is 64.2 Å². The van der Waals surface area contributed by atoms with Crippen LogP contribution in [0.15, 0.2) is 12.7 Å². The zero-order valence-electron chi connectivity index (χ0n) is 18.0. The molecule has 0 heterocycles. The van der Waals surface area contributed by atoms with Crippen molar-refractivity contribution in [3.63, 3.8) is 0 Å². The van der Waals surface area contributed by atoms with Gasteiger partial charge in [-0.2, -0.15) is 0 Å². The molecule has 0 N–H and O–H groups in total. The molecule has 0 radical (unpaired) electrons. The number of fused-ring (bicyclic) bond motifs is 3. The third-order valence-corrected chi connectivity index (χ3v) is 8.44. The Morgan fingerprint density at radius 2 is 1.62 bits per heavy atom. The van der Waals surface area contributed by atoms with Crippen molar-refractivity contribution in [3.8, 4) is 0 Å². The molecule has 3 aliphatic carbocycles. The van der Waals surface area contributed by atoms with Gasteiger partial charge in [0.2, 0.25) is 0 Å².